The summed E-state index contributed by atoms with van der Waals surface area (Å²) < 4.78 is 0. The first-order valence-corrected chi connectivity index (χ1v) is 12.3. The Bertz CT molecular complexity index is 1040. The maximum Gasteiger partial charge on any atom is 0.147 e. The molecule has 0 N–H and O–H groups in total. The van der Waals surface area contributed by atoms with Crippen molar-refractivity contribution in [2.75, 3.05) is 18.0 Å². The van der Waals surface area contributed by atoms with E-state index in [1.54, 1.807) is 0 Å². The van der Waals surface area contributed by atoms with Gasteiger partial charge in [0.1, 0.15) is 5.82 Å². The van der Waals surface area contributed by atoms with Gasteiger partial charge in [0.2, 0.25) is 0 Å². The highest BCUT2D eigenvalue weighted by Crippen LogP contribution is 2.34. The van der Waals surface area contributed by atoms with Gasteiger partial charge in [-0.1, -0.05) is 76.1 Å². The van der Waals surface area contributed by atoms with E-state index in [0.717, 1.165) is 47.3 Å². The average Bonchev–Trinajstić information content (AvgIpc) is 3.05. The van der Waals surface area contributed by atoms with Crippen molar-refractivity contribution in [1.82, 2.24) is 9.97 Å². The molecule has 4 rings (SSSR count). The van der Waals surface area contributed by atoms with Crippen molar-refractivity contribution in [1.29, 1.82) is 0 Å². The molecule has 1 aliphatic rings. The van der Waals surface area contributed by atoms with Crippen LogP contribution in [-0.4, -0.2) is 23.1 Å². The van der Waals surface area contributed by atoms with Gasteiger partial charge < -0.3 is 4.90 Å². The molecule has 168 valence electrons. The van der Waals surface area contributed by atoms with Gasteiger partial charge in [-0.15, -0.1) is 0 Å². The number of benzene rings is 2. The molecule has 0 aliphatic carbocycles. The Morgan fingerprint density at radius 2 is 1.84 bits per heavy atom. The van der Waals surface area contributed by atoms with Crippen molar-refractivity contribution in [2.24, 2.45) is 5.92 Å². The van der Waals surface area contributed by atoms with Gasteiger partial charge in [0, 0.05) is 24.2 Å². The molecule has 1 aromatic heterocycles. The zero-order chi connectivity index (χ0) is 22.5. The third kappa shape index (κ3) is 5.03. The molecule has 0 bridgehead atoms. The van der Waals surface area contributed by atoms with E-state index in [2.05, 4.69) is 81.1 Å². The fourth-order valence-corrected chi connectivity index (χ4v) is 4.91. The van der Waals surface area contributed by atoms with Crippen LogP contribution < -0.4 is 4.90 Å². The lowest BCUT2D eigenvalue weighted by atomic mass is 9.96. The van der Waals surface area contributed by atoms with Crippen LogP contribution in [0.5, 0.6) is 0 Å². The summed E-state index contributed by atoms with van der Waals surface area (Å²) in [5.74, 6) is 2.35. The van der Waals surface area contributed by atoms with E-state index in [1.807, 2.05) is 6.20 Å². The molecule has 0 spiro atoms. The maximum atomic E-state index is 5.26. The summed E-state index contributed by atoms with van der Waals surface area (Å²) in [7, 11) is 0. The second-order valence-electron chi connectivity index (χ2n) is 9.59. The molecule has 0 radical (unpaired) electrons. The van der Waals surface area contributed by atoms with Crippen LogP contribution >= 0.6 is 0 Å². The molecule has 3 heteroatoms. The summed E-state index contributed by atoms with van der Waals surface area (Å²) in [6, 6.07) is 17.3. The van der Waals surface area contributed by atoms with Gasteiger partial charge in [-0.3, -0.25) is 4.98 Å². The second kappa shape index (κ2) is 10.3. The van der Waals surface area contributed by atoms with Crippen LogP contribution in [-0.2, 0) is 0 Å². The molecule has 32 heavy (non-hydrogen) atoms. The highest BCUT2D eigenvalue weighted by atomic mass is 15.2. The Balaban J connectivity index is 1.76. The predicted molar refractivity (Wildman–Crippen MR) is 136 cm³/mol. The molecule has 3 aromatic rings. The van der Waals surface area contributed by atoms with Gasteiger partial charge in [-0.05, 0) is 55.2 Å². The molecule has 1 atom stereocenters. The lowest BCUT2D eigenvalue weighted by Crippen LogP contribution is -2.25. The molecule has 2 heterocycles. The fraction of sp³-hybridized carbons (Fsp3) is 0.448. The lowest BCUT2D eigenvalue weighted by Gasteiger charge is -2.23. The van der Waals surface area contributed by atoms with Crippen LogP contribution in [0.4, 0.5) is 5.82 Å². The topological polar surface area (TPSA) is 29.0 Å². The van der Waals surface area contributed by atoms with Crippen molar-refractivity contribution >= 4 is 5.82 Å². The van der Waals surface area contributed by atoms with Gasteiger partial charge in [0.15, 0.2) is 0 Å². The van der Waals surface area contributed by atoms with Crippen LogP contribution in [0.25, 0.3) is 22.5 Å². The second-order valence-corrected chi connectivity index (χ2v) is 9.59. The summed E-state index contributed by atoms with van der Waals surface area (Å²) in [6.45, 7) is 11.1. The monoisotopic (exact) mass is 427 g/mol. The van der Waals surface area contributed by atoms with Crippen molar-refractivity contribution in [2.45, 2.75) is 65.7 Å². The Morgan fingerprint density at radius 1 is 1.00 bits per heavy atom. The minimum atomic E-state index is 0.481. The molecule has 3 nitrogen and oxygen atoms in total. The standard InChI is InChI=1S/C29H37N3/c1-5-10-23-12-9-17-32(18-16-23)27-20-30-29(26-15-7-6-11-22(26)4)28(31-27)25-14-8-13-24(19-25)21(2)3/h6-8,11,13-15,19-21,23H,5,9-10,12,16-18H2,1-4H3. The van der Waals surface area contributed by atoms with Gasteiger partial charge >= 0.3 is 0 Å². The smallest absolute Gasteiger partial charge is 0.147 e. The number of aromatic nitrogens is 2. The van der Waals surface area contributed by atoms with Crippen molar-refractivity contribution < 1.29 is 0 Å². The first kappa shape index (κ1) is 22.5. The largest absolute Gasteiger partial charge is 0.355 e. The van der Waals surface area contributed by atoms with E-state index < -0.39 is 0 Å². The fourth-order valence-electron chi connectivity index (χ4n) is 4.91. The molecule has 0 saturated carbocycles. The van der Waals surface area contributed by atoms with E-state index in [1.165, 1.54) is 43.2 Å². The van der Waals surface area contributed by atoms with Crippen LogP contribution in [0, 0.1) is 12.8 Å². The van der Waals surface area contributed by atoms with Crippen LogP contribution in [0.3, 0.4) is 0 Å². The average molecular weight is 428 g/mol. The maximum absolute atomic E-state index is 5.26. The molecule has 1 unspecified atom stereocenters. The Morgan fingerprint density at radius 3 is 2.62 bits per heavy atom. The quantitative estimate of drug-likeness (QED) is 0.404. The van der Waals surface area contributed by atoms with Crippen LogP contribution in [0.1, 0.15) is 69.9 Å². The van der Waals surface area contributed by atoms with E-state index >= 15 is 0 Å². The van der Waals surface area contributed by atoms with E-state index in [9.17, 15) is 0 Å². The number of hydrogen-bond acceptors (Lipinski definition) is 3. The minimum absolute atomic E-state index is 0.481. The van der Waals surface area contributed by atoms with Gasteiger partial charge in [-0.2, -0.15) is 0 Å². The minimum Gasteiger partial charge on any atom is -0.355 e. The molecule has 0 amide bonds. The van der Waals surface area contributed by atoms with Crippen LogP contribution in [0.2, 0.25) is 0 Å². The molecule has 1 saturated heterocycles. The lowest BCUT2D eigenvalue weighted by molar-refractivity contribution is 0.435. The summed E-state index contributed by atoms with van der Waals surface area (Å²) in [5, 5.41) is 0. The summed E-state index contributed by atoms with van der Waals surface area (Å²) >= 11 is 0. The first-order valence-electron chi connectivity index (χ1n) is 12.3. The normalized spacial score (nSPS) is 16.9. The van der Waals surface area contributed by atoms with Gasteiger partial charge in [0.05, 0.1) is 17.6 Å². The molecule has 1 aliphatic heterocycles. The molecule has 1 fully saturated rings. The van der Waals surface area contributed by atoms with Crippen molar-refractivity contribution in [3.63, 3.8) is 0 Å². The third-order valence-electron chi connectivity index (χ3n) is 6.86. The van der Waals surface area contributed by atoms with Gasteiger partial charge in [-0.25, -0.2) is 4.98 Å². The Hall–Kier alpha value is -2.68. The number of nitrogens with zero attached hydrogens (tertiary/aromatic N) is 3. The highest BCUT2D eigenvalue weighted by Gasteiger charge is 2.20. The number of anilines is 1. The summed E-state index contributed by atoms with van der Waals surface area (Å²) in [6.07, 6.45) is 8.46. The summed E-state index contributed by atoms with van der Waals surface area (Å²) in [4.78, 5) is 12.7. The van der Waals surface area contributed by atoms with Crippen LogP contribution in [0.15, 0.2) is 54.7 Å². The molecule has 2 aromatic carbocycles. The third-order valence-corrected chi connectivity index (χ3v) is 6.86. The SMILES string of the molecule is CCCC1CCCN(c2cnc(-c3ccccc3C)c(-c3cccc(C(C)C)c3)n2)CC1. The van der Waals surface area contributed by atoms with E-state index in [4.69, 9.17) is 9.97 Å². The van der Waals surface area contributed by atoms with E-state index in [-0.39, 0.29) is 0 Å². The number of hydrogen-bond donors (Lipinski definition) is 0. The number of rotatable bonds is 6. The van der Waals surface area contributed by atoms with Crippen molar-refractivity contribution in [3.8, 4) is 22.5 Å². The number of aryl methyl sites for hydroxylation is 1. The Labute approximate surface area is 193 Å². The Kier molecular flexibility index (Phi) is 7.24. The molecular formula is C29H37N3. The predicted octanol–water partition coefficient (Wildman–Crippen LogP) is 7.65. The first-order chi connectivity index (χ1) is 15.6. The van der Waals surface area contributed by atoms with Crippen molar-refractivity contribution in [3.05, 3.63) is 65.9 Å². The zero-order valence-corrected chi connectivity index (χ0v) is 20.1. The summed E-state index contributed by atoms with van der Waals surface area (Å²) in [5.41, 5.74) is 6.86. The highest BCUT2D eigenvalue weighted by molar-refractivity contribution is 5.80. The molecular weight excluding hydrogens is 390 g/mol. The zero-order valence-electron chi connectivity index (χ0n) is 20.1. The van der Waals surface area contributed by atoms with E-state index in [0.29, 0.717) is 5.92 Å². The van der Waals surface area contributed by atoms with Gasteiger partial charge in [0.25, 0.3) is 0 Å².